The molecular formula is C17H25N3. The molecule has 0 radical (unpaired) electrons. The minimum atomic E-state index is 0.310. The first-order valence-electron chi connectivity index (χ1n) is 7.18. The van der Waals surface area contributed by atoms with Crippen LogP contribution in [0.5, 0.6) is 0 Å². The molecule has 1 heterocycles. The van der Waals surface area contributed by atoms with Crippen LogP contribution in [0.2, 0.25) is 0 Å². The standard InChI is InChI=1S/C17H25N3/c1-11-7-13(3)16(8-12(11)2)9-18-14(4)17-10-19-20(6)15(17)5/h7-8,10,14,18H,9H2,1-6H3. The monoisotopic (exact) mass is 271 g/mol. The largest absolute Gasteiger partial charge is 0.306 e. The molecule has 20 heavy (non-hydrogen) atoms. The molecule has 3 nitrogen and oxygen atoms in total. The van der Waals surface area contributed by atoms with E-state index in [0.717, 1.165) is 6.54 Å². The molecule has 0 aliphatic carbocycles. The molecule has 0 bridgehead atoms. The summed E-state index contributed by atoms with van der Waals surface area (Å²) in [4.78, 5) is 0. The van der Waals surface area contributed by atoms with Gasteiger partial charge in [0.05, 0.1) is 6.20 Å². The maximum Gasteiger partial charge on any atom is 0.0540 e. The van der Waals surface area contributed by atoms with Gasteiger partial charge in [0.15, 0.2) is 0 Å². The minimum absolute atomic E-state index is 0.310. The van der Waals surface area contributed by atoms with Crippen LogP contribution in [0, 0.1) is 27.7 Å². The third-order valence-electron chi connectivity index (χ3n) is 4.29. The molecule has 1 aromatic heterocycles. The van der Waals surface area contributed by atoms with Crippen molar-refractivity contribution in [3.05, 3.63) is 51.8 Å². The first-order chi connectivity index (χ1) is 9.40. The number of hydrogen-bond donors (Lipinski definition) is 1. The van der Waals surface area contributed by atoms with E-state index in [-0.39, 0.29) is 0 Å². The van der Waals surface area contributed by atoms with Gasteiger partial charge in [-0.3, -0.25) is 4.68 Å². The molecule has 0 aliphatic rings. The zero-order valence-electron chi connectivity index (χ0n) is 13.4. The summed E-state index contributed by atoms with van der Waals surface area (Å²) in [6.07, 6.45) is 1.96. The maximum atomic E-state index is 4.31. The topological polar surface area (TPSA) is 29.9 Å². The summed E-state index contributed by atoms with van der Waals surface area (Å²) in [6.45, 7) is 11.7. The number of benzene rings is 1. The first kappa shape index (κ1) is 14.8. The van der Waals surface area contributed by atoms with E-state index in [1.807, 2.05) is 17.9 Å². The van der Waals surface area contributed by atoms with Crippen LogP contribution in [0.3, 0.4) is 0 Å². The van der Waals surface area contributed by atoms with Crippen molar-refractivity contribution < 1.29 is 0 Å². The lowest BCUT2D eigenvalue weighted by atomic mass is 10.0. The Kier molecular flexibility index (Phi) is 4.29. The van der Waals surface area contributed by atoms with E-state index in [4.69, 9.17) is 0 Å². The van der Waals surface area contributed by atoms with Crippen molar-refractivity contribution in [1.82, 2.24) is 15.1 Å². The Balaban J connectivity index is 2.09. The van der Waals surface area contributed by atoms with Crippen LogP contribution in [0.4, 0.5) is 0 Å². The Hall–Kier alpha value is -1.61. The second-order valence-corrected chi connectivity index (χ2v) is 5.77. The molecule has 108 valence electrons. The molecule has 0 saturated heterocycles. The van der Waals surface area contributed by atoms with Gasteiger partial charge in [0.1, 0.15) is 0 Å². The van der Waals surface area contributed by atoms with Crippen LogP contribution in [-0.2, 0) is 13.6 Å². The predicted molar refractivity (Wildman–Crippen MR) is 83.9 cm³/mol. The van der Waals surface area contributed by atoms with E-state index in [9.17, 15) is 0 Å². The van der Waals surface area contributed by atoms with Crippen molar-refractivity contribution in [2.45, 2.75) is 47.2 Å². The lowest BCUT2D eigenvalue weighted by Gasteiger charge is -2.16. The van der Waals surface area contributed by atoms with Gasteiger partial charge < -0.3 is 5.32 Å². The van der Waals surface area contributed by atoms with Gasteiger partial charge in [0, 0.05) is 30.9 Å². The van der Waals surface area contributed by atoms with Gasteiger partial charge in [0.2, 0.25) is 0 Å². The molecule has 0 aliphatic heterocycles. The van der Waals surface area contributed by atoms with Crippen LogP contribution in [0.1, 0.15) is 46.5 Å². The highest BCUT2D eigenvalue weighted by Gasteiger charge is 2.12. The smallest absolute Gasteiger partial charge is 0.0540 e. The summed E-state index contributed by atoms with van der Waals surface area (Å²) in [5.74, 6) is 0. The third kappa shape index (κ3) is 2.93. The molecule has 0 fully saturated rings. The van der Waals surface area contributed by atoms with E-state index in [1.165, 1.54) is 33.5 Å². The van der Waals surface area contributed by atoms with Crippen molar-refractivity contribution in [3.8, 4) is 0 Å². The number of rotatable bonds is 4. The number of hydrogen-bond acceptors (Lipinski definition) is 2. The van der Waals surface area contributed by atoms with Crippen LogP contribution in [0.15, 0.2) is 18.3 Å². The van der Waals surface area contributed by atoms with Crippen LogP contribution in [-0.4, -0.2) is 9.78 Å². The van der Waals surface area contributed by atoms with Crippen molar-refractivity contribution in [3.63, 3.8) is 0 Å². The summed E-state index contributed by atoms with van der Waals surface area (Å²) >= 11 is 0. The lowest BCUT2D eigenvalue weighted by molar-refractivity contribution is 0.569. The Morgan fingerprint density at radius 1 is 1.10 bits per heavy atom. The van der Waals surface area contributed by atoms with Crippen molar-refractivity contribution in [1.29, 1.82) is 0 Å². The number of nitrogens with one attached hydrogen (secondary N) is 1. The minimum Gasteiger partial charge on any atom is -0.306 e. The molecule has 1 N–H and O–H groups in total. The number of nitrogens with zero attached hydrogens (tertiary/aromatic N) is 2. The van der Waals surface area contributed by atoms with Crippen LogP contribution >= 0.6 is 0 Å². The first-order valence-corrected chi connectivity index (χ1v) is 7.18. The van der Waals surface area contributed by atoms with E-state index >= 15 is 0 Å². The highest BCUT2D eigenvalue weighted by atomic mass is 15.3. The zero-order valence-corrected chi connectivity index (χ0v) is 13.4. The molecule has 0 amide bonds. The van der Waals surface area contributed by atoms with Gasteiger partial charge in [0.25, 0.3) is 0 Å². The third-order valence-corrected chi connectivity index (χ3v) is 4.29. The summed E-state index contributed by atoms with van der Waals surface area (Å²) in [5.41, 5.74) is 7.95. The molecule has 1 atom stereocenters. The van der Waals surface area contributed by atoms with Crippen molar-refractivity contribution in [2.75, 3.05) is 0 Å². The van der Waals surface area contributed by atoms with Gasteiger partial charge in [-0.05, 0) is 56.9 Å². The molecule has 2 aromatic rings. The SMILES string of the molecule is Cc1cc(C)c(CNC(C)c2cnn(C)c2C)cc1C. The van der Waals surface area contributed by atoms with Crippen LogP contribution in [0.25, 0.3) is 0 Å². The molecule has 2 rings (SSSR count). The number of aromatic nitrogens is 2. The van der Waals surface area contributed by atoms with E-state index in [1.54, 1.807) is 0 Å². The highest BCUT2D eigenvalue weighted by molar-refractivity contribution is 5.36. The maximum absolute atomic E-state index is 4.31. The molecule has 0 spiro atoms. The Morgan fingerprint density at radius 3 is 2.35 bits per heavy atom. The van der Waals surface area contributed by atoms with E-state index in [0.29, 0.717) is 6.04 Å². The normalized spacial score (nSPS) is 12.7. The van der Waals surface area contributed by atoms with Crippen molar-refractivity contribution >= 4 is 0 Å². The zero-order chi connectivity index (χ0) is 14.9. The lowest BCUT2D eigenvalue weighted by Crippen LogP contribution is -2.19. The van der Waals surface area contributed by atoms with E-state index < -0.39 is 0 Å². The summed E-state index contributed by atoms with van der Waals surface area (Å²) in [7, 11) is 1.99. The van der Waals surface area contributed by atoms with Gasteiger partial charge in [-0.25, -0.2) is 0 Å². The van der Waals surface area contributed by atoms with Crippen molar-refractivity contribution in [2.24, 2.45) is 7.05 Å². The average molecular weight is 271 g/mol. The fourth-order valence-corrected chi connectivity index (χ4v) is 2.52. The Labute approximate surface area is 122 Å². The average Bonchev–Trinajstić information content (AvgIpc) is 2.72. The fourth-order valence-electron chi connectivity index (χ4n) is 2.52. The molecular weight excluding hydrogens is 246 g/mol. The Morgan fingerprint density at radius 2 is 1.75 bits per heavy atom. The summed E-state index contributed by atoms with van der Waals surface area (Å²) in [5, 5.41) is 7.92. The van der Waals surface area contributed by atoms with Gasteiger partial charge >= 0.3 is 0 Å². The number of aryl methyl sites for hydroxylation is 4. The van der Waals surface area contributed by atoms with Gasteiger partial charge in [-0.2, -0.15) is 5.10 Å². The molecule has 0 saturated carbocycles. The van der Waals surface area contributed by atoms with Gasteiger partial charge in [-0.15, -0.1) is 0 Å². The Bertz CT molecular complexity index is 611. The quantitative estimate of drug-likeness (QED) is 0.922. The highest BCUT2D eigenvalue weighted by Crippen LogP contribution is 2.19. The molecule has 3 heteroatoms. The second kappa shape index (κ2) is 5.80. The predicted octanol–water partition coefficient (Wildman–Crippen LogP) is 3.50. The second-order valence-electron chi connectivity index (χ2n) is 5.77. The fraction of sp³-hybridized carbons (Fsp3) is 0.471. The molecule has 1 unspecified atom stereocenters. The summed E-state index contributed by atoms with van der Waals surface area (Å²) < 4.78 is 1.93. The summed E-state index contributed by atoms with van der Waals surface area (Å²) in [6, 6.07) is 4.87. The molecule has 1 aromatic carbocycles. The van der Waals surface area contributed by atoms with Crippen LogP contribution < -0.4 is 5.32 Å². The van der Waals surface area contributed by atoms with E-state index in [2.05, 4.69) is 57.2 Å². The van der Waals surface area contributed by atoms with Gasteiger partial charge in [-0.1, -0.05) is 12.1 Å².